The molecule has 0 aliphatic carbocycles. The molecule has 12 heavy (non-hydrogen) atoms. The van der Waals surface area contributed by atoms with Crippen molar-refractivity contribution in [3.05, 3.63) is 0 Å². The van der Waals surface area contributed by atoms with Crippen LogP contribution in [0.5, 0.6) is 0 Å². The van der Waals surface area contributed by atoms with Crippen LogP contribution in [0.3, 0.4) is 0 Å². The summed E-state index contributed by atoms with van der Waals surface area (Å²) in [4.78, 5) is 11.3. The summed E-state index contributed by atoms with van der Waals surface area (Å²) in [6.07, 6.45) is 5.05. The van der Waals surface area contributed by atoms with Crippen molar-refractivity contribution < 1.29 is 4.80 Å². The third kappa shape index (κ3) is 10.2. The van der Waals surface area contributed by atoms with E-state index in [1.165, 1.54) is 19.3 Å². The van der Waals surface area contributed by atoms with Gasteiger partial charge in [0.15, 0.2) is 0 Å². The zero-order valence-electron chi connectivity index (χ0n) is 9.02. The Bertz CT molecular complexity index is 105. The summed E-state index contributed by atoms with van der Waals surface area (Å²) in [5.41, 5.74) is 0. The number of hydrogen-bond donors (Lipinski definition) is 0. The van der Waals surface area contributed by atoms with E-state index in [1.54, 1.807) is 0 Å². The van der Waals surface area contributed by atoms with Crippen molar-refractivity contribution >= 4 is 8.32 Å². The number of hydrogen-bond acceptors (Lipinski definition) is 0. The average molecular weight is 187 g/mol. The van der Waals surface area contributed by atoms with Gasteiger partial charge >= 0.3 is 0 Å². The lowest BCUT2D eigenvalue weighted by molar-refractivity contribution is 0.423. The largest absolute Gasteiger partial charge is 0.298 e. The van der Waals surface area contributed by atoms with Gasteiger partial charge in [-0.3, -0.25) is 4.80 Å². The van der Waals surface area contributed by atoms with Crippen LogP contribution in [-0.4, -0.2) is 8.32 Å². The molecule has 2 heteroatoms. The Balaban J connectivity index is 3.12. The summed E-state index contributed by atoms with van der Waals surface area (Å²) in [6.45, 7) is 8.34. The molecule has 0 fully saturated rings. The normalized spacial score (nSPS) is 12.5. The van der Waals surface area contributed by atoms with Crippen LogP contribution in [0.2, 0.25) is 19.1 Å². The zero-order valence-corrected chi connectivity index (χ0v) is 10.0. The smallest absolute Gasteiger partial charge is 0.231 e. The van der Waals surface area contributed by atoms with E-state index in [9.17, 15) is 4.80 Å². The highest BCUT2D eigenvalue weighted by Gasteiger charge is 2.18. The predicted octanol–water partition coefficient (Wildman–Crippen LogP) is 3.84. The Kier molecular flexibility index (Phi) is 5.84. The third-order valence-electron chi connectivity index (χ3n) is 2.06. The SMILES string of the molecule is CC(C)CCCCC[Si](C)(C)[O]. The van der Waals surface area contributed by atoms with Crippen molar-refractivity contribution in [1.29, 1.82) is 0 Å². The summed E-state index contributed by atoms with van der Waals surface area (Å²) >= 11 is 0. The molecule has 0 rings (SSSR count). The summed E-state index contributed by atoms with van der Waals surface area (Å²) in [5, 5.41) is 0. The maximum Gasteiger partial charge on any atom is 0.231 e. The van der Waals surface area contributed by atoms with Gasteiger partial charge in [-0.1, -0.05) is 39.5 Å². The molecule has 0 aromatic carbocycles. The van der Waals surface area contributed by atoms with Gasteiger partial charge in [-0.25, -0.2) is 0 Å². The minimum atomic E-state index is -1.98. The summed E-state index contributed by atoms with van der Waals surface area (Å²) in [6, 6.07) is 0.963. The highest BCUT2D eigenvalue weighted by molar-refractivity contribution is 6.69. The predicted molar refractivity (Wildman–Crippen MR) is 56.3 cm³/mol. The molecule has 0 amide bonds. The zero-order chi connectivity index (χ0) is 9.61. The Labute approximate surface area is 78.3 Å². The molecule has 0 aliphatic rings. The Hall–Kier alpha value is 0.177. The minimum Gasteiger partial charge on any atom is -0.298 e. The summed E-state index contributed by atoms with van der Waals surface area (Å²) < 4.78 is 0. The molecular formula is C10H23OSi. The molecule has 0 bridgehead atoms. The topological polar surface area (TPSA) is 19.9 Å². The van der Waals surface area contributed by atoms with Crippen LogP contribution >= 0.6 is 0 Å². The molecule has 0 atom stereocenters. The monoisotopic (exact) mass is 187 g/mol. The lowest BCUT2D eigenvalue weighted by Gasteiger charge is -2.10. The van der Waals surface area contributed by atoms with Gasteiger partial charge in [-0.05, 0) is 25.1 Å². The van der Waals surface area contributed by atoms with E-state index in [4.69, 9.17) is 0 Å². The molecule has 0 heterocycles. The Morgan fingerprint density at radius 1 is 1.08 bits per heavy atom. The van der Waals surface area contributed by atoms with E-state index in [2.05, 4.69) is 13.8 Å². The van der Waals surface area contributed by atoms with Crippen LogP contribution in [0.4, 0.5) is 0 Å². The maximum absolute atomic E-state index is 11.3. The fourth-order valence-corrected chi connectivity index (χ4v) is 2.38. The quantitative estimate of drug-likeness (QED) is 0.445. The first-order valence-corrected chi connectivity index (χ1v) is 8.24. The fourth-order valence-electron chi connectivity index (χ4n) is 1.28. The van der Waals surface area contributed by atoms with E-state index in [0.29, 0.717) is 0 Å². The average Bonchev–Trinajstić information content (AvgIpc) is 1.83. The molecule has 0 spiro atoms. The van der Waals surface area contributed by atoms with Gasteiger partial charge < -0.3 is 0 Å². The molecule has 0 saturated heterocycles. The molecular weight excluding hydrogens is 164 g/mol. The van der Waals surface area contributed by atoms with Crippen molar-refractivity contribution in [3.8, 4) is 0 Å². The van der Waals surface area contributed by atoms with Crippen LogP contribution in [0.15, 0.2) is 0 Å². The van der Waals surface area contributed by atoms with Gasteiger partial charge in [0.2, 0.25) is 8.32 Å². The molecule has 0 aliphatic heterocycles. The molecule has 1 nitrogen and oxygen atoms in total. The van der Waals surface area contributed by atoms with Crippen LogP contribution in [0, 0.1) is 5.92 Å². The second kappa shape index (κ2) is 5.76. The van der Waals surface area contributed by atoms with Gasteiger partial charge in [0, 0.05) is 0 Å². The van der Waals surface area contributed by atoms with Crippen molar-refractivity contribution in [3.63, 3.8) is 0 Å². The van der Waals surface area contributed by atoms with Gasteiger partial charge in [-0.15, -0.1) is 0 Å². The van der Waals surface area contributed by atoms with E-state index < -0.39 is 8.32 Å². The molecule has 1 radical (unpaired) electrons. The van der Waals surface area contributed by atoms with Gasteiger partial charge in [-0.2, -0.15) is 0 Å². The van der Waals surface area contributed by atoms with Gasteiger partial charge in [0.05, 0.1) is 0 Å². The lowest BCUT2D eigenvalue weighted by Crippen LogP contribution is -2.21. The van der Waals surface area contributed by atoms with E-state index >= 15 is 0 Å². The second-order valence-electron chi connectivity index (χ2n) is 4.75. The van der Waals surface area contributed by atoms with Crippen molar-refractivity contribution in [2.75, 3.05) is 0 Å². The standard InChI is InChI=1S/C10H23OSi/c1-10(2)8-6-5-7-9-12(3,4)11/h10H,5-9H2,1-4H3. The van der Waals surface area contributed by atoms with Crippen LogP contribution in [0.1, 0.15) is 39.5 Å². The van der Waals surface area contributed by atoms with Crippen LogP contribution in [0.25, 0.3) is 0 Å². The summed E-state index contributed by atoms with van der Waals surface area (Å²) in [5.74, 6) is 0.822. The molecule has 0 aromatic heterocycles. The highest BCUT2D eigenvalue weighted by atomic mass is 28.4. The fraction of sp³-hybridized carbons (Fsp3) is 1.00. The second-order valence-corrected chi connectivity index (χ2v) is 8.77. The first kappa shape index (κ1) is 12.2. The highest BCUT2D eigenvalue weighted by Crippen LogP contribution is 2.14. The molecule has 73 valence electrons. The van der Waals surface area contributed by atoms with Gasteiger partial charge in [0.25, 0.3) is 0 Å². The van der Waals surface area contributed by atoms with E-state index in [1.807, 2.05) is 13.1 Å². The Morgan fingerprint density at radius 3 is 2.08 bits per heavy atom. The Morgan fingerprint density at radius 2 is 1.67 bits per heavy atom. The third-order valence-corrected chi connectivity index (χ3v) is 3.62. The molecule has 0 saturated carbocycles. The molecule has 0 aromatic rings. The van der Waals surface area contributed by atoms with E-state index in [-0.39, 0.29) is 0 Å². The van der Waals surface area contributed by atoms with E-state index in [0.717, 1.165) is 18.4 Å². The maximum atomic E-state index is 11.3. The van der Waals surface area contributed by atoms with Gasteiger partial charge in [0.1, 0.15) is 0 Å². The molecule has 0 unspecified atom stereocenters. The molecule has 0 N–H and O–H groups in total. The number of rotatable bonds is 6. The first-order valence-electron chi connectivity index (χ1n) is 5.12. The first-order chi connectivity index (χ1) is 5.42. The van der Waals surface area contributed by atoms with Crippen LogP contribution < -0.4 is 0 Å². The van der Waals surface area contributed by atoms with Crippen molar-refractivity contribution in [2.24, 2.45) is 5.92 Å². The number of unbranched alkanes of at least 4 members (excludes halogenated alkanes) is 2. The lowest BCUT2D eigenvalue weighted by atomic mass is 10.1. The van der Waals surface area contributed by atoms with Crippen molar-refractivity contribution in [2.45, 2.75) is 58.7 Å². The van der Waals surface area contributed by atoms with Crippen molar-refractivity contribution in [1.82, 2.24) is 0 Å². The minimum absolute atomic E-state index is 0.822. The van der Waals surface area contributed by atoms with Crippen LogP contribution in [-0.2, 0) is 4.80 Å². The summed E-state index contributed by atoms with van der Waals surface area (Å²) in [7, 11) is -1.98.